The van der Waals surface area contributed by atoms with Crippen LogP contribution in [0.3, 0.4) is 0 Å². The van der Waals surface area contributed by atoms with Crippen LogP contribution in [-0.2, 0) is 9.47 Å². The number of ether oxygens (including phenoxy) is 2. The molecule has 1 aliphatic heterocycles. The second-order valence-corrected chi connectivity index (χ2v) is 8.14. The van der Waals surface area contributed by atoms with Crippen LogP contribution in [0.5, 0.6) is 0 Å². The van der Waals surface area contributed by atoms with E-state index in [0.29, 0.717) is 22.9 Å². The Balaban J connectivity index is 2.17. The highest BCUT2D eigenvalue weighted by atomic mass is 35.5. The maximum Gasteiger partial charge on any atom is 0.412 e. The van der Waals surface area contributed by atoms with E-state index >= 15 is 0 Å². The first kappa shape index (κ1) is 20.3. The number of nitriles is 1. The SMILES string of the molecule is C[C@@H]1OC(C)(C)N(C(=O)OC(C)(C)C)[C@@H]1CNc1ncc(C#N)cc1Cl. The zero-order valence-electron chi connectivity index (χ0n) is 16.0. The van der Waals surface area contributed by atoms with E-state index in [1.807, 2.05) is 47.6 Å². The van der Waals surface area contributed by atoms with Gasteiger partial charge in [-0.05, 0) is 47.6 Å². The molecule has 7 nitrogen and oxygen atoms in total. The van der Waals surface area contributed by atoms with Crippen LogP contribution in [0.2, 0.25) is 5.02 Å². The summed E-state index contributed by atoms with van der Waals surface area (Å²) >= 11 is 6.16. The Morgan fingerprint density at radius 1 is 1.54 bits per heavy atom. The summed E-state index contributed by atoms with van der Waals surface area (Å²) in [7, 11) is 0. The average Bonchev–Trinajstić information content (AvgIpc) is 2.72. The first-order valence-corrected chi connectivity index (χ1v) is 8.82. The summed E-state index contributed by atoms with van der Waals surface area (Å²) in [4.78, 5) is 18.5. The van der Waals surface area contributed by atoms with Gasteiger partial charge in [-0.3, -0.25) is 4.90 Å². The van der Waals surface area contributed by atoms with Crippen molar-refractivity contribution in [1.82, 2.24) is 9.88 Å². The Bertz CT molecular complexity index is 724. The Kier molecular flexibility index (Phi) is 5.69. The first-order valence-electron chi connectivity index (χ1n) is 8.44. The predicted octanol–water partition coefficient (Wildman–Crippen LogP) is 3.78. The molecular weight excluding hydrogens is 356 g/mol. The van der Waals surface area contributed by atoms with Crippen molar-refractivity contribution < 1.29 is 14.3 Å². The number of aromatic nitrogens is 1. The van der Waals surface area contributed by atoms with Gasteiger partial charge >= 0.3 is 6.09 Å². The number of halogens is 1. The molecule has 1 aliphatic rings. The molecule has 26 heavy (non-hydrogen) atoms. The van der Waals surface area contributed by atoms with Gasteiger partial charge in [-0.2, -0.15) is 5.26 Å². The molecule has 1 aromatic heterocycles. The van der Waals surface area contributed by atoms with Gasteiger partial charge in [0.05, 0.1) is 22.7 Å². The summed E-state index contributed by atoms with van der Waals surface area (Å²) in [5, 5.41) is 12.4. The highest BCUT2D eigenvalue weighted by molar-refractivity contribution is 6.33. The average molecular weight is 381 g/mol. The van der Waals surface area contributed by atoms with E-state index in [4.69, 9.17) is 26.3 Å². The topological polar surface area (TPSA) is 87.5 Å². The van der Waals surface area contributed by atoms with Crippen molar-refractivity contribution in [3.8, 4) is 6.07 Å². The molecule has 0 aromatic carbocycles. The summed E-state index contributed by atoms with van der Waals surface area (Å²) in [6, 6.07) is 3.26. The zero-order chi connectivity index (χ0) is 19.7. The molecule has 2 rings (SSSR count). The summed E-state index contributed by atoms with van der Waals surface area (Å²) < 4.78 is 11.5. The summed E-state index contributed by atoms with van der Waals surface area (Å²) in [5.74, 6) is 0.451. The maximum atomic E-state index is 12.7. The smallest absolute Gasteiger partial charge is 0.412 e. The van der Waals surface area contributed by atoms with Gasteiger partial charge in [0.2, 0.25) is 0 Å². The summed E-state index contributed by atoms with van der Waals surface area (Å²) in [5.41, 5.74) is -1.01. The fourth-order valence-corrected chi connectivity index (χ4v) is 3.19. The van der Waals surface area contributed by atoms with Crippen molar-refractivity contribution in [2.24, 2.45) is 0 Å². The normalized spacial score (nSPS) is 22.0. The molecule has 0 spiro atoms. The van der Waals surface area contributed by atoms with Crippen molar-refractivity contribution in [2.75, 3.05) is 11.9 Å². The molecule has 1 amide bonds. The van der Waals surface area contributed by atoms with Crippen molar-refractivity contribution in [3.05, 3.63) is 22.8 Å². The molecule has 142 valence electrons. The third-order valence-corrected chi connectivity index (χ3v) is 4.26. The van der Waals surface area contributed by atoms with Crippen LogP contribution in [0, 0.1) is 11.3 Å². The van der Waals surface area contributed by atoms with Gasteiger partial charge in [0.15, 0.2) is 0 Å². The van der Waals surface area contributed by atoms with Gasteiger partial charge in [0.1, 0.15) is 23.2 Å². The molecular formula is C18H25ClN4O3. The number of hydrogen-bond donors (Lipinski definition) is 1. The molecule has 8 heteroatoms. The van der Waals surface area contributed by atoms with Gasteiger partial charge in [-0.15, -0.1) is 0 Å². The van der Waals surface area contributed by atoms with Gasteiger partial charge in [-0.25, -0.2) is 9.78 Å². The van der Waals surface area contributed by atoms with Crippen LogP contribution in [-0.4, -0.2) is 46.0 Å². The number of nitrogens with zero attached hydrogens (tertiary/aromatic N) is 3. The molecule has 0 bridgehead atoms. The van der Waals surface area contributed by atoms with E-state index in [9.17, 15) is 4.79 Å². The Labute approximate surface area is 159 Å². The summed E-state index contributed by atoms with van der Waals surface area (Å²) in [6.45, 7) is 11.4. The molecule has 1 aromatic rings. The minimum atomic E-state index is -0.796. The summed E-state index contributed by atoms with van der Waals surface area (Å²) in [6.07, 6.45) is 0.804. The third-order valence-electron chi connectivity index (χ3n) is 3.97. The second-order valence-electron chi connectivity index (χ2n) is 7.73. The van der Waals surface area contributed by atoms with Gasteiger partial charge in [0, 0.05) is 12.7 Å². The number of pyridine rings is 1. The largest absolute Gasteiger partial charge is 0.444 e. The van der Waals surface area contributed by atoms with E-state index in [-0.39, 0.29) is 12.1 Å². The number of hydrogen-bond acceptors (Lipinski definition) is 6. The molecule has 0 radical (unpaired) electrons. The number of nitrogens with one attached hydrogen (secondary N) is 1. The van der Waals surface area contributed by atoms with E-state index in [1.165, 1.54) is 6.20 Å². The van der Waals surface area contributed by atoms with Crippen LogP contribution in [0.4, 0.5) is 10.6 Å². The molecule has 1 saturated heterocycles. The van der Waals surface area contributed by atoms with Crippen LogP contribution in [0.1, 0.15) is 47.1 Å². The van der Waals surface area contributed by atoms with E-state index < -0.39 is 17.4 Å². The lowest BCUT2D eigenvalue weighted by molar-refractivity contribution is -0.0755. The Morgan fingerprint density at radius 2 is 2.19 bits per heavy atom. The molecule has 2 atom stereocenters. The van der Waals surface area contributed by atoms with Crippen LogP contribution < -0.4 is 5.32 Å². The maximum absolute atomic E-state index is 12.7. The standard InChI is InChI=1S/C18H25ClN4O3/c1-11-14(10-22-15-13(19)7-12(8-20)9-21-15)23(18(5,6)25-11)16(24)26-17(2,3)4/h7,9,11,14H,10H2,1-6H3,(H,21,22)/t11-,14+/m0/s1. The van der Waals surface area contributed by atoms with E-state index in [2.05, 4.69) is 10.3 Å². The van der Waals surface area contributed by atoms with Crippen molar-refractivity contribution in [1.29, 1.82) is 5.26 Å². The van der Waals surface area contributed by atoms with E-state index in [0.717, 1.165) is 0 Å². The first-order chi connectivity index (χ1) is 11.9. The molecule has 2 heterocycles. The van der Waals surface area contributed by atoms with Gasteiger partial charge in [-0.1, -0.05) is 11.6 Å². The minimum Gasteiger partial charge on any atom is -0.444 e. The zero-order valence-corrected chi connectivity index (χ0v) is 16.7. The Morgan fingerprint density at radius 3 is 2.73 bits per heavy atom. The molecule has 0 unspecified atom stereocenters. The van der Waals surface area contributed by atoms with Crippen molar-refractivity contribution in [3.63, 3.8) is 0 Å². The third kappa shape index (κ3) is 4.57. The number of amides is 1. The van der Waals surface area contributed by atoms with Gasteiger partial charge in [0.25, 0.3) is 0 Å². The van der Waals surface area contributed by atoms with Crippen LogP contribution in [0.15, 0.2) is 12.3 Å². The fraction of sp³-hybridized carbons (Fsp3) is 0.611. The number of rotatable bonds is 3. The lowest BCUT2D eigenvalue weighted by Crippen LogP contribution is -2.52. The van der Waals surface area contributed by atoms with Crippen molar-refractivity contribution in [2.45, 2.75) is 65.0 Å². The van der Waals surface area contributed by atoms with Gasteiger partial charge < -0.3 is 14.8 Å². The Hall–Kier alpha value is -2.04. The van der Waals surface area contributed by atoms with Crippen LogP contribution >= 0.6 is 11.6 Å². The highest BCUT2D eigenvalue weighted by Crippen LogP contribution is 2.34. The lowest BCUT2D eigenvalue weighted by Gasteiger charge is -2.35. The molecule has 0 saturated carbocycles. The minimum absolute atomic E-state index is 0.206. The lowest BCUT2D eigenvalue weighted by atomic mass is 10.1. The number of anilines is 1. The number of carbonyl (C=O) groups is 1. The number of carbonyl (C=O) groups excluding carboxylic acids is 1. The quantitative estimate of drug-likeness (QED) is 0.858. The fourth-order valence-electron chi connectivity index (χ4n) is 2.95. The molecule has 0 aliphatic carbocycles. The molecule has 1 N–H and O–H groups in total. The van der Waals surface area contributed by atoms with Crippen LogP contribution in [0.25, 0.3) is 0 Å². The highest BCUT2D eigenvalue weighted by Gasteiger charge is 2.49. The monoisotopic (exact) mass is 380 g/mol. The van der Waals surface area contributed by atoms with E-state index in [1.54, 1.807) is 11.0 Å². The predicted molar refractivity (Wildman–Crippen MR) is 98.9 cm³/mol. The molecule has 1 fully saturated rings. The second kappa shape index (κ2) is 7.29. The van der Waals surface area contributed by atoms with Crippen molar-refractivity contribution >= 4 is 23.5 Å².